The van der Waals surface area contributed by atoms with Gasteiger partial charge in [0.1, 0.15) is 0 Å². The lowest BCUT2D eigenvalue weighted by Crippen LogP contribution is -2.43. The van der Waals surface area contributed by atoms with E-state index in [0.29, 0.717) is 0 Å². The minimum Gasteiger partial charge on any atom is -0.316 e. The van der Waals surface area contributed by atoms with Crippen molar-refractivity contribution in [2.45, 2.75) is 58.4 Å². The zero-order valence-electron chi connectivity index (χ0n) is 11.8. The summed E-state index contributed by atoms with van der Waals surface area (Å²) in [6, 6.07) is 0.813. The molecule has 3 unspecified atom stereocenters. The third-order valence-electron chi connectivity index (χ3n) is 4.96. The van der Waals surface area contributed by atoms with Crippen molar-refractivity contribution in [3.63, 3.8) is 0 Å². The Bertz CT molecular complexity index is 211. The van der Waals surface area contributed by atoms with Gasteiger partial charge in [-0.2, -0.15) is 0 Å². The molecule has 2 aliphatic heterocycles. The Morgan fingerprint density at radius 1 is 1.18 bits per heavy atom. The highest BCUT2D eigenvalue weighted by Gasteiger charge is 2.24. The summed E-state index contributed by atoms with van der Waals surface area (Å²) < 4.78 is 0. The van der Waals surface area contributed by atoms with Gasteiger partial charge in [0.05, 0.1) is 0 Å². The van der Waals surface area contributed by atoms with Gasteiger partial charge in [-0.05, 0) is 83.5 Å². The van der Waals surface area contributed by atoms with Crippen LogP contribution in [-0.4, -0.2) is 37.1 Å². The molecule has 2 rings (SSSR count). The molecule has 2 nitrogen and oxygen atoms in total. The summed E-state index contributed by atoms with van der Waals surface area (Å²) in [4.78, 5) is 2.73. The van der Waals surface area contributed by atoms with Gasteiger partial charge in [-0.3, -0.25) is 0 Å². The van der Waals surface area contributed by atoms with Crippen LogP contribution in [0.1, 0.15) is 52.4 Å². The van der Waals surface area contributed by atoms with Crippen LogP contribution in [0.3, 0.4) is 0 Å². The first-order valence-electron chi connectivity index (χ1n) is 7.72. The minimum absolute atomic E-state index is 0.813. The lowest BCUT2D eigenvalue weighted by Gasteiger charge is -2.38. The Balaban J connectivity index is 1.63. The molecule has 0 spiro atoms. The minimum atomic E-state index is 0.813. The lowest BCUT2D eigenvalue weighted by molar-refractivity contribution is 0.109. The van der Waals surface area contributed by atoms with E-state index >= 15 is 0 Å². The smallest absolute Gasteiger partial charge is 0.00925 e. The molecule has 0 radical (unpaired) electrons. The Labute approximate surface area is 107 Å². The van der Waals surface area contributed by atoms with Gasteiger partial charge in [-0.1, -0.05) is 6.92 Å². The van der Waals surface area contributed by atoms with Crippen LogP contribution in [-0.2, 0) is 0 Å². The summed E-state index contributed by atoms with van der Waals surface area (Å²) >= 11 is 0. The van der Waals surface area contributed by atoms with E-state index in [9.17, 15) is 0 Å². The fraction of sp³-hybridized carbons (Fsp3) is 1.00. The van der Waals surface area contributed by atoms with Crippen molar-refractivity contribution in [1.29, 1.82) is 0 Å². The van der Waals surface area contributed by atoms with Gasteiger partial charge in [0, 0.05) is 6.04 Å². The summed E-state index contributed by atoms with van der Waals surface area (Å²) in [5, 5.41) is 3.53. The van der Waals surface area contributed by atoms with Crippen LogP contribution in [0.4, 0.5) is 0 Å². The number of rotatable bonds is 4. The maximum atomic E-state index is 3.53. The molecule has 0 aromatic rings. The molecule has 0 aromatic heterocycles. The number of nitrogens with zero attached hydrogens (tertiary/aromatic N) is 1. The molecule has 2 fully saturated rings. The van der Waals surface area contributed by atoms with Crippen LogP contribution in [0.25, 0.3) is 0 Å². The fourth-order valence-corrected chi connectivity index (χ4v) is 3.49. The molecule has 17 heavy (non-hydrogen) atoms. The quantitative estimate of drug-likeness (QED) is 0.810. The monoisotopic (exact) mass is 238 g/mol. The topological polar surface area (TPSA) is 15.3 Å². The molecule has 2 heterocycles. The molecule has 3 atom stereocenters. The van der Waals surface area contributed by atoms with Gasteiger partial charge in [-0.25, -0.2) is 0 Å². The van der Waals surface area contributed by atoms with E-state index in [2.05, 4.69) is 24.1 Å². The van der Waals surface area contributed by atoms with E-state index in [1.54, 1.807) is 0 Å². The average Bonchev–Trinajstić information content (AvgIpc) is 2.36. The molecule has 100 valence electrons. The first-order chi connectivity index (χ1) is 8.27. The standard InChI is InChI=1S/C15H30N2/c1-13-6-4-10-17(14(13)2)11-5-8-15-7-3-9-16-12-15/h13-16H,3-12H2,1-2H3. The maximum Gasteiger partial charge on any atom is 0.00925 e. The summed E-state index contributed by atoms with van der Waals surface area (Å²) in [5.74, 6) is 1.86. The van der Waals surface area contributed by atoms with Crippen LogP contribution in [0.5, 0.6) is 0 Å². The number of piperidine rings is 2. The maximum absolute atomic E-state index is 3.53. The van der Waals surface area contributed by atoms with Crippen molar-refractivity contribution >= 4 is 0 Å². The van der Waals surface area contributed by atoms with Crippen LogP contribution in [0, 0.1) is 11.8 Å². The zero-order chi connectivity index (χ0) is 12.1. The third-order valence-corrected chi connectivity index (χ3v) is 4.96. The highest BCUT2D eigenvalue weighted by atomic mass is 15.2. The van der Waals surface area contributed by atoms with Gasteiger partial charge in [0.25, 0.3) is 0 Å². The Kier molecular flexibility index (Phi) is 5.30. The van der Waals surface area contributed by atoms with E-state index < -0.39 is 0 Å². The van der Waals surface area contributed by atoms with Crippen molar-refractivity contribution < 1.29 is 0 Å². The van der Waals surface area contributed by atoms with Gasteiger partial charge in [-0.15, -0.1) is 0 Å². The molecule has 0 saturated carbocycles. The number of hydrogen-bond acceptors (Lipinski definition) is 2. The molecular weight excluding hydrogens is 208 g/mol. The Morgan fingerprint density at radius 3 is 2.82 bits per heavy atom. The lowest BCUT2D eigenvalue weighted by atomic mass is 9.91. The predicted molar refractivity (Wildman–Crippen MR) is 74.3 cm³/mol. The second-order valence-electron chi connectivity index (χ2n) is 6.25. The summed E-state index contributed by atoms with van der Waals surface area (Å²) in [7, 11) is 0. The normalized spacial score (nSPS) is 36.0. The van der Waals surface area contributed by atoms with Gasteiger partial charge in [0.15, 0.2) is 0 Å². The number of hydrogen-bond donors (Lipinski definition) is 1. The molecule has 0 bridgehead atoms. The van der Waals surface area contributed by atoms with Gasteiger partial charge in [0.2, 0.25) is 0 Å². The first kappa shape index (κ1) is 13.4. The van der Waals surface area contributed by atoms with Crippen molar-refractivity contribution in [2.24, 2.45) is 11.8 Å². The second-order valence-corrected chi connectivity index (χ2v) is 6.25. The summed E-state index contributed by atoms with van der Waals surface area (Å²) in [6.45, 7) is 10.0. The van der Waals surface area contributed by atoms with E-state index in [4.69, 9.17) is 0 Å². The molecule has 2 saturated heterocycles. The Morgan fingerprint density at radius 2 is 2.06 bits per heavy atom. The number of nitrogens with one attached hydrogen (secondary N) is 1. The highest BCUT2D eigenvalue weighted by Crippen LogP contribution is 2.24. The highest BCUT2D eigenvalue weighted by molar-refractivity contribution is 4.79. The first-order valence-corrected chi connectivity index (χ1v) is 7.72. The molecule has 2 aliphatic rings. The van der Waals surface area contributed by atoms with E-state index in [1.807, 2.05) is 0 Å². The number of likely N-dealkylation sites (tertiary alicyclic amines) is 1. The van der Waals surface area contributed by atoms with E-state index in [0.717, 1.165) is 17.9 Å². The van der Waals surface area contributed by atoms with Crippen molar-refractivity contribution in [3.05, 3.63) is 0 Å². The molecule has 0 amide bonds. The third kappa shape index (κ3) is 3.96. The van der Waals surface area contributed by atoms with Crippen LogP contribution in [0.15, 0.2) is 0 Å². The SMILES string of the molecule is CC1CCCN(CCCC2CCCNC2)C1C. The van der Waals surface area contributed by atoms with Gasteiger partial charge >= 0.3 is 0 Å². The van der Waals surface area contributed by atoms with Gasteiger partial charge < -0.3 is 10.2 Å². The van der Waals surface area contributed by atoms with Crippen LogP contribution >= 0.6 is 0 Å². The van der Waals surface area contributed by atoms with E-state index in [-0.39, 0.29) is 0 Å². The molecule has 1 N–H and O–H groups in total. The molecule has 2 heteroatoms. The molecule has 0 aliphatic carbocycles. The van der Waals surface area contributed by atoms with Crippen LogP contribution in [0.2, 0.25) is 0 Å². The largest absolute Gasteiger partial charge is 0.316 e. The zero-order valence-corrected chi connectivity index (χ0v) is 11.8. The molecular formula is C15H30N2. The molecule has 0 aromatic carbocycles. The van der Waals surface area contributed by atoms with E-state index in [1.165, 1.54) is 64.7 Å². The summed E-state index contributed by atoms with van der Waals surface area (Å²) in [5.41, 5.74) is 0. The second kappa shape index (κ2) is 6.75. The Hall–Kier alpha value is -0.0800. The fourth-order valence-electron chi connectivity index (χ4n) is 3.49. The van der Waals surface area contributed by atoms with Crippen molar-refractivity contribution in [2.75, 3.05) is 26.2 Å². The van der Waals surface area contributed by atoms with Crippen LogP contribution < -0.4 is 5.32 Å². The predicted octanol–water partition coefficient (Wildman–Crippen LogP) is 2.89. The summed E-state index contributed by atoms with van der Waals surface area (Å²) in [6.07, 6.45) is 8.54. The average molecular weight is 238 g/mol. The van der Waals surface area contributed by atoms with Crippen molar-refractivity contribution in [1.82, 2.24) is 10.2 Å². The van der Waals surface area contributed by atoms with Crippen molar-refractivity contribution in [3.8, 4) is 0 Å².